The maximum absolute atomic E-state index is 12.4. The maximum Gasteiger partial charge on any atom is 0.416 e. The molecule has 0 aliphatic carbocycles. The van der Waals surface area contributed by atoms with Crippen molar-refractivity contribution < 1.29 is 18.3 Å². The summed E-state index contributed by atoms with van der Waals surface area (Å²) in [5.74, 6) is 0. The zero-order valence-electron chi connectivity index (χ0n) is 7.21. The Kier molecular flexibility index (Phi) is 3.30. The maximum atomic E-state index is 12.4. The summed E-state index contributed by atoms with van der Waals surface area (Å²) in [7, 11) is 0. The van der Waals surface area contributed by atoms with Crippen molar-refractivity contribution in [3.63, 3.8) is 0 Å². The topological polar surface area (TPSA) is 19.9 Å². The van der Waals surface area contributed by atoms with Crippen LogP contribution in [0.3, 0.4) is 0 Å². The first kappa shape index (κ1) is 10.8. The molecule has 4 heteroatoms. The molecule has 0 aliphatic rings. The summed E-state index contributed by atoms with van der Waals surface area (Å²) in [5.41, 5.74) is -0.694. The van der Waals surface area contributed by atoms with Crippen LogP contribution < -0.4 is 0 Å². The second-order valence-corrected chi connectivity index (χ2v) is 2.65. The van der Waals surface area contributed by atoms with E-state index in [4.69, 9.17) is 0 Å². The van der Waals surface area contributed by atoms with Crippen molar-refractivity contribution in [1.29, 1.82) is 0 Å². The highest BCUT2D eigenvalue weighted by Gasteiger charge is 2.32. The van der Waals surface area contributed by atoms with Crippen molar-refractivity contribution in [3.8, 4) is 0 Å². The molecule has 14 heavy (non-hydrogen) atoms. The second kappa shape index (κ2) is 4.28. The Morgan fingerprint density at radius 1 is 1.21 bits per heavy atom. The summed E-state index contributed by atoms with van der Waals surface area (Å²) < 4.78 is 37.1. The average molecular weight is 201 g/mol. The Balaban J connectivity index is 3.10. The van der Waals surface area contributed by atoms with Crippen LogP contribution in [0.1, 0.15) is 11.1 Å². The van der Waals surface area contributed by atoms with Gasteiger partial charge in [0.2, 0.25) is 0 Å². The molecule has 0 atom stereocenters. The molecule has 0 amide bonds. The van der Waals surface area contributed by atoms with Gasteiger partial charge in [-0.25, -0.2) is 5.11 Å². The SMILES string of the molecule is [O]CC=Cc1ccccc1C(F)(F)F. The molecule has 0 spiro atoms. The third kappa shape index (κ3) is 2.60. The lowest BCUT2D eigenvalue weighted by molar-refractivity contribution is -0.137. The zero-order chi connectivity index (χ0) is 10.6. The predicted molar refractivity (Wildman–Crippen MR) is 46.0 cm³/mol. The molecule has 0 fully saturated rings. The van der Waals surface area contributed by atoms with Crippen molar-refractivity contribution in [3.05, 3.63) is 41.5 Å². The molecule has 0 unspecified atom stereocenters. The first-order valence-electron chi connectivity index (χ1n) is 3.96. The molecule has 0 N–H and O–H groups in total. The fraction of sp³-hybridized carbons (Fsp3) is 0.200. The van der Waals surface area contributed by atoms with Gasteiger partial charge in [-0.05, 0) is 11.6 Å². The van der Waals surface area contributed by atoms with Crippen molar-refractivity contribution in [2.24, 2.45) is 0 Å². The number of halogens is 3. The third-order valence-electron chi connectivity index (χ3n) is 1.66. The molecule has 1 rings (SSSR count). The Hall–Kier alpha value is -1.29. The lowest BCUT2D eigenvalue weighted by Gasteiger charge is -2.09. The van der Waals surface area contributed by atoms with Gasteiger partial charge in [-0.3, -0.25) is 0 Å². The summed E-state index contributed by atoms with van der Waals surface area (Å²) in [6, 6.07) is 5.14. The van der Waals surface area contributed by atoms with E-state index in [1.54, 1.807) is 0 Å². The van der Waals surface area contributed by atoms with E-state index in [0.29, 0.717) is 0 Å². The molecule has 0 aromatic heterocycles. The van der Waals surface area contributed by atoms with Crippen LogP contribution in [0.25, 0.3) is 6.08 Å². The second-order valence-electron chi connectivity index (χ2n) is 2.65. The number of alkyl halides is 3. The smallest absolute Gasteiger partial charge is 0.232 e. The van der Waals surface area contributed by atoms with Crippen molar-refractivity contribution >= 4 is 6.08 Å². The molecule has 1 aromatic carbocycles. The Morgan fingerprint density at radius 2 is 1.86 bits per heavy atom. The van der Waals surface area contributed by atoms with Crippen LogP contribution in [0.4, 0.5) is 13.2 Å². The molecule has 1 aromatic rings. The van der Waals surface area contributed by atoms with Gasteiger partial charge in [0.05, 0.1) is 5.56 Å². The van der Waals surface area contributed by atoms with Gasteiger partial charge in [0, 0.05) is 0 Å². The molecule has 0 bridgehead atoms. The minimum absolute atomic E-state index is 0.0239. The Labute approximate surface area is 79.5 Å². The van der Waals surface area contributed by atoms with Crippen LogP contribution in [0.5, 0.6) is 0 Å². The standard InChI is InChI=1S/C10H8F3O/c11-10(12,13)9-6-2-1-4-8(9)5-3-7-14/h1-6H,7H2. The van der Waals surface area contributed by atoms with Crippen molar-refractivity contribution in [1.82, 2.24) is 0 Å². The fourth-order valence-electron chi connectivity index (χ4n) is 1.08. The van der Waals surface area contributed by atoms with Crippen LogP contribution in [0.15, 0.2) is 30.3 Å². The first-order chi connectivity index (χ1) is 6.55. The van der Waals surface area contributed by atoms with Gasteiger partial charge < -0.3 is 0 Å². The van der Waals surface area contributed by atoms with E-state index in [0.717, 1.165) is 12.1 Å². The molecular formula is C10H8F3O. The van der Waals surface area contributed by atoms with Crippen LogP contribution in [0, 0.1) is 0 Å². The normalized spacial score (nSPS) is 12.3. The zero-order valence-corrected chi connectivity index (χ0v) is 7.21. The molecule has 1 nitrogen and oxygen atoms in total. The summed E-state index contributed by atoms with van der Waals surface area (Å²) in [4.78, 5) is 0. The van der Waals surface area contributed by atoms with E-state index < -0.39 is 18.3 Å². The van der Waals surface area contributed by atoms with Gasteiger partial charge in [0.15, 0.2) is 0 Å². The highest BCUT2D eigenvalue weighted by Crippen LogP contribution is 2.32. The monoisotopic (exact) mass is 201 g/mol. The summed E-state index contributed by atoms with van der Waals surface area (Å²) in [6.07, 6.45) is -2.02. The molecule has 0 saturated heterocycles. The van der Waals surface area contributed by atoms with Gasteiger partial charge in [0.1, 0.15) is 6.61 Å². The molecule has 0 saturated carbocycles. The number of rotatable bonds is 2. The lowest BCUT2D eigenvalue weighted by Crippen LogP contribution is -2.06. The summed E-state index contributed by atoms with van der Waals surface area (Å²) in [6.45, 7) is -0.522. The fourth-order valence-corrected chi connectivity index (χ4v) is 1.08. The molecule has 1 radical (unpaired) electrons. The van der Waals surface area contributed by atoms with E-state index in [-0.39, 0.29) is 5.56 Å². The third-order valence-corrected chi connectivity index (χ3v) is 1.66. The van der Waals surface area contributed by atoms with E-state index in [1.807, 2.05) is 0 Å². The summed E-state index contributed by atoms with van der Waals surface area (Å²) >= 11 is 0. The quantitative estimate of drug-likeness (QED) is 0.700. The minimum atomic E-state index is -4.37. The highest BCUT2D eigenvalue weighted by atomic mass is 19.4. The van der Waals surface area contributed by atoms with E-state index >= 15 is 0 Å². The number of hydrogen-bond acceptors (Lipinski definition) is 0. The minimum Gasteiger partial charge on any atom is -0.232 e. The van der Waals surface area contributed by atoms with Crippen molar-refractivity contribution in [2.45, 2.75) is 6.18 Å². The lowest BCUT2D eigenvalue weighted by atomic mass is 10.1. The van der Waals surface area contributed by atoms with E-state index in [2.05, 4.69) is 0 Å². The van der Waals surface area contributed by atoms with Gasteiger partial charge in [-0.2, -0.15) is 13.2 Å². The summed E-state index contributed by atoms with van der Waals surface area (Å²) in [5, 5.41) is 10.1. The first-order valence-corrected chi connectivity index (χ1v) is 3.96. The van der Waals surface area contributed by atoms with Crippen LogP contribution in [-0.4, -0.2) is 6.61 Å². The largest absolute Gasteiger partial charge is 0.416 e. The van der Waals surface area contributed by atoms with Crippen molar-refractivity contribution in [2.75, 3.05) is 6.61 Å². The Morgan fingerprint density at radius 3 is 2.43 bits per heavy atom. The number of hydrogen-bond donors (Lipinski definition) is 0. The van der Waals surface area contributed by atoms with Crippen LogP contribution in [-0.2, 0) is 11.3 Å². The van der Waals surface area contributed by atoms with E-state index in [1.165, 1.54) is 24.3 Å². The molecule has 0 heterocycles. The molecule has 0 aliphatic heterocycles. The molecular weight excluding hydrogens is 193 g/mol. The van der Waals surface area contributed by atoms with Gasteiger partial charge in [-0.1, -0.05) is 30.4 Å². The van der Waals surface area contributed by atoms with Gasteiger partial charge in [0.25, 0.3) is 0 Å². The molecule has 75 valence electrons. The Bertz CT molecular complexity index is 328. The highest BCUT2D eigenvalue weighted by molar-refractivity contribution is 5.54. The van der Waals surface area contributed by atoms with Crippen LogP contribution in [0.2, 0.25) is 0 Å². The van der Waals surface area contributed by atoms with Gasteiger partial charge in [-0.15, -0.1) is 0 Å². The predicted octanol–water partition coefficient (Wildman–Crippen LogP) is 3.15. The van der Waals surface area contributed by atoms with Gasteiger partial charge >= 0.3 is 6.18 Å². The number of benzene rings is 1. The average Bonchev–Trinajstić information content (AvgIpc) is 2.14. The van der Waals surface area contributed by atoms with Crippen LogP contribution >= 0.6 is 0 Å². The van der Waals surface area contributed by atoms with E-state index in [9.17, 15) is 18.3 Å².